The van der Waals surface area contributed by atoms with Gasteiger partial charge in [-0.25, -0.2) is 0 Å². The first-order chi connectivity index (χ1) is 20.8. The van der Waals surface area contributed by atoms with Crippen LogP contribution >= 0.6 is 0 Å². The zero-order valence-electron chi connectivity index (χ0n) is 28.7. The minimum atomic E-state index is 0.156. The van der Waals surface area contributed by atoms with Gasteiger partial charge in [0.1, 0.15) is 0 Å². The molecule has 0 spiro atoms. The van der Waals surface area contributed by atoms with Crippen LogP contribution in [0.3, 0.4) is 0 Å². The Kier molecular flexibility index (Phi) is 29.4. The summed E-state index contributed by atoms with van der Waals surface area (Å²) >= 11 is 0. The molecule has 0 saturated carbocycles. The number of likely N-dealkylation sites (N-methyl/N-ethyl adjacent to an activating group) is 1. The maximum atomic E-state index is 6.39. The quantitative estimate of drug-likeness (QED) is 0.0763. The van der Waals surface area contributed by atoms with E-state index in [9.17, 15) is 0 Å². The zero-order valence-corrected chi connectivity index (χ0v) is 28.7. The Hall–Kier alpha value is -0.900. The SMILES string of the molecule is CCCCCCCCCCCCCCOCC(CN(C)Cc1ccccc1)OCCCCCCCCCCCCCC. The van der Waals surface area contributed by atoms with E-state index in [4.69, 9.17) is 9.47 Å². The fourth-order valence-corrected chi connectivity index (χ4v) is 5.91. The smallest absolute Gasteiger partial charge is 0.0934 e. The monoisotopic (exact) mass is 588 g/mol. The Balaban J connectivity index is 2.13. The summed E-state index contributed by atoms with van der Waals surface area (Å²) in [6, 6.07) is 10.8. The largest absolute Gasteiger partial charge is 0.379 e. The lowest BCUT2D eigenvalue weighted by Crippen LogP contribution is -2.34. The molecule has 0 aliphatic rings. The molecule has 0 N–H and O–H groups in total. The van der Waals surface area contributed by atoms with Crippen LogP contribution in [0.1, 0.15) is 174 Å². The highest BCUT2D eigenvalue weighted by atomic mass is 16.5. The first kappa shape index (κ1) is 39.1. The molecular formula is C39H73NO2. The predicted octanol–water partition coefficient (Wildman–Crippen LogP) is 11.9. The van der Waals surface area contributed by atoms with Gasteiger partial charge in [0.25, 0.3) is 0 Å². The third-order valence-electron chi connectivity index (χ3n) is 8.61. The Morgan fingerprint density at radius 2 is 0.929 bits per heavy atom. The van der Waals surface area contributed by atoms with Gasteiger partial charge in [-0.3, -0.25) is 4.90 Å². The zero-order chi connectivity index (χ0) is 30.2. The van der Waals surface area contributed by atoms with E-state index in [1.54, 1.807) is 0 Å². The van der Waals surface area contributed by atoms with Gasteiger partial charge in [0.2, 0.25) is 0 Å². The van der Waals surface area contributed by atoms with Gasteiger partial charge in [-0.15, -0.1) is 0 Å². The van der Waals surface area contributed by atoms with Gasteiger partial charge in [-0.2, -0.15) is 0 Å². The molecule has 1 aromatic rings. The fourth-order valence-electron chi connectivity index (χ4n) is 5.91. The van der Waals surface area contributed by atoms with Crippen LogP contribution < -0.4 is 0 Å². The van der Waals surface area contributed by atoms with Crippen LogP contribution in [0.4, 0.5) is 0 Å². The van der Waals surface area contributed by atoms with Crippen molar-refractivity contribution >= 4 is 0 Å². The van der Waals surface area contributed by atoms with E-state index >= 15 is 0 Å². The molecule has 0 aliphatic heterocycles. The van der Waals surface area contributed by atoms with Crippen molar-refractivity contribution in [2.75, 3.05) is 33.4 Å². The molecule has 246 valence electrons. The second-order valence-electron chi connectivity index (χ2n) is 13.0. The number of unbranched alkanes of at least 4 members (excludes halogenated alkanes) is 22. The summed E-state index contributed by atoms with van der Waals surface area (Å²) in [5.41, 5.74) is 1.36. The number of nitrogens with zero attached hydrogens (tertiary/aromatic N) is 1. The molecule has 0 fully saturated rings. The van der Waals surface area contributed by atoms with Gasteiger partial charge in [-0.05, 0) is 25.5 Å². The minimum absolute atomic E-state index is 0.156. The van der Waals surface area contributed by atoms with Crippen molar-refractivity contribution in [1.29, 1.82) is 0 Å². The molecule has 0 aliphatic carbocycles. The van der Waals surface area contributed by atoms with Crippen molar-refractivity contribution in [1.82, 2.24) is 4.90 Å². The molecule has 3 nitrogen and oxygen atoms in total. The van der Waals surface area contributed by atoms with Crippen molar-refractivity contribution in [3.8, 4) is 0 Å². The normalized spacial score (nSPS) is 12.4. The minimum Gasteiger partial charge on any atom is -0.379 e. The van der Waals surface area contributed by atoms with Crippen LogP contribution in [0.25, 0.3) is 0 Å². The highest BCUT2D eigenvalue weighted by molar-refractivity contribution is 5.14. The number of hydrogen-bond acceptors (Lipinski definition) is 3. The average molecular weight is 588 g/mol. The molecule has 0 radical (unpaired) electrons. The van der Waals surface area contributed by atoms with Gasteiger partial charge >= 0.3 is 0 Å². The van der Waals surface area contributed by atoms with Crippen LogP contribution in [-0.4, -0.2) is 44.4 Å². The average Bonchev–Trinajstić information content (AvgIpc) is 3.00. The molecule has 1 unspecified atom stereocenters. The molecular weight excluding hydrogens is 514 g/mol. The van der Waals surface area contributed by atoms with E-state index in [1.807, 2.05) is 0 Å². The summed E-state index contributed by atoms with van der Waals surface area (Å²) in [6.07, 6.45) is 33.3. The second kappa shape index (κ2) is 31.5. The van der Waals surface area contributed by atoms with E-state index in [2.05, 4.69) is 56.1 Å². The first-order valence-electron chi connectivity index (χ1n) is 18.7. The Bertz CT molecular complexity index is 637. The van der Waals surface area contributed by atoms with Crippen molar-refractivity contribution in [2.24, 2.45) is 0 Å². The summed E-state index contributed by atoms with van der Waals surface area (Å²) < 4.78 is 12.5. The van der Waals surface area contributed by atoms with Gasteiger partial charge < -0.3 is 9.47 Å². The maximum Gasteiger partial charge on any atom is 0.0934 e. The molecule has 3 heteroatoms. The molecule has 1 rings (SSSR count). The van der Waals surface area contributed by atoms with Gasteiger partial charge in [0, 0.05) is 26.3 Å². The van der Waals surface area contributed by atoms with E-state index in [-0.39, 0.29) is 6.10 Å². The number of rotatable bonds is 33. The second-order valence-corrected chi connectivity index (χ2v) is 13.0. The van der Waals surface area contributed by atoms with E-state index in [0.29, 0.717) is 0 Å². The summed E-state index contributed by atoms with van der Waals surface area (Å²) in [7, 11) is 2.21. The number of ether oxygens (including phenoxy) is 2. The van der Waals surface area contributed by atoms with Gasteiger partial charge in [0.05, 0.1) is 12.7 Å². The molecule has 0 aromatic heterocycles. The fraction of sp³-hybridized carbons (Fsp3) is 0.846. The summed E-state index contributed by atoms with van der Waals surface area (Å²) in [5, 5.41) is 0. The molecule has 42 heavy (non-hydrogen) atoms. The van der Waals surface area contributed by atoms with E-state index in [1.165, 1.54) is 160 Å². The van der Waals surface area contributed by atoms with Gasteiger partial charge in [-0.1, -0.05) is 185 Å². The van der Waals surface area contributed by atoms with Crippen molar-refractivity contribution in [3.63, 3.8) is 0 Å². The van der Waals surface area contributed by atoms with Crippen LogP contribution in [0.5, 0.6) is 0 Å². The first-order valence-corrected chi connectivity index (χ1v) is 18.7. The summed E-state index contributed by atoms with van der Waals surface area (Å²) in [6.45, 7) is 8.93. The number of hydrogen-bond donors (Lipinski definition) is 0. The highest BCUT2D eigenvalue weighted by Gasteiger charge is 2.13. The lowest BCUT2D eigenvalue weighted by molar-refractivity contribution is -0.0322. The molecule has 0 saturated heterocycles. The maximum absolute atomic E-state index is 6.39. The molecule has 1 aromatic carbocycles. The predicted molar refractivity (Wildman–Crippen MR) is 185 cm³/mol. The van der Waals surface area contributed by atoms with E-state index < -0.39 is 0 Å². The third kappa shape index (κ3) is 26.7. The van der Waals surface area contributed by atoms with Crippen molar-refractivity contribution in [3.05, 3.63) is 35.9 Å². The van der Waals surface area contributed by atoms with Crippen molar-refractivity contribution < 1.29 is 9.47 Å². The van der Waals surface area contributed by atoms with Crippen LogP contribution in [-0.2, 0) is 16.0 Å². The van der Waals surface area contributed by atoms with Crippen LogP contribution in [0.2, 0.25) is 0 Å². The highest BCUT2D eigenvalue weighted by Crippen LogP contribution is 2.14. The Morgan fingerprint density at radius 3 is 1.38 bits per heavy atom. The molecule has 0 amide bonds. The van der Waals surface area contributed by atoms with E-state index in [0.717, 1.165) is 32.9 Å². The molecule has 0 bridgehead atoms. The molecule has 1 atom stereocenters. The van der Waals surface area contributed by atoms with Gasteiger partial charge in [0.15, 0.2) is 0 Å². The van der Waals surface area contributed by atoms with Crippen molar-refractivity contribution in [2.45, 2.75) is 181 Å². The Morgan fingerprint density at radius 1 is 0.524 bits per heavy atom. The van der Waals surface area contributed by atoms with Crippen LogP contribution in [0, 0.1) is 0 Å². The Labute approximate surface area is 263 Å². The number of benzene rings is 1. The lowest BCUT2D eigenvalue weighted by Gasteiger charge is -2.24. The third-order valence-corrected chi connectivity index (χ3v) is 8.61. The lowest BCUT2D eigenvalue weighted by atomic mass is 10.1. The summed E-state index contributed by atoms with van der Waals surface area (Å²) in [5.74, 6) is 0. The van der Waals surface area contributed by atoms with Crippen LogP contribution in [0.15, 0.2) is 30.3 Å². The topological polar surface area (TPSA) is 21.7 Å². The summed E-state index contributed by atoms with van der Waals surface area (Å²) in [4.78, 5) is 2.38. The molecule has 0 heterocycles. The standard InChI is InChI=1S/C39H73NO2/c1-4-6-8-10-12-14-16-18-20-22-24-29-33-41-37-39(36-40(3)35-38-31-27-26-28-32-38)42-34-30-25-23-21-19-17-15-13-11-9-7-5-2/h26-28,31-32,39H,4-25,29-30,33-37H2,1-3H3.